The lowest BCUT2D eigenvalue weighted by atomic mass is 10.1. The fourth-order valence-electron chi connectivity index (χ4n) is 3.73. The van der Waals surface area contributed by atoms with Gasteiger partial charge < -0.3 is 14.5 Å². The Morgan fingerprint density at radius 2 is 1.62 bits per heavy atom. The number of likely N-dealkylation sites (tertiary alicyclic amines) is 1. The number of hydrogen-bond donors (Lipinski definition) is 0. The standard InChI is InChI=1S/C21H18F4N2O4S/c22-14-4-9-18-17(12-14)27(15-5-7-16(8-6-15)31-21(23,24)25)13-19(32(18,29)30)20(28)26-10-2-1-3-11-26/h4-9,12-13H,1-3,10-11H2. The second-order valence-corrected chi connectivity index (χ2v) is 9.26. The van der Waals surface area contributed by atoms with Gasteiger partial charge in [0.05, 0.1) is 10.6 Å². The van der Waals surface area contributed by atoms with Gasteiger partial charge in [-0.2, -0.15) is 0 Å². The molecule has 6 nitrogen and oxygen atoms in total. The Morgan fingerprint density at radius 3 is 2.25 bits per heavy atom. The lowest BCUT2D eigenvalue weighted by molar-refractivity contribution is -0.274. The Labute approximate surface area is 181 Å². The third kappa shape index (κ3) is 4.29. The number of nitrogens with zero attached hydrogens (tertiary/aromatic N) is 2. The molecule has 4 rings (SSSR count). The molecule has 32 heavy (non-hydrogen) atoms. The van der Waals surface area contributed by atoms with E-state index in [0.717, 1.165) is 55.8 Å². The first kappa shape index (κ1) is 22.1. The maximum atomic E-state index is 14.0. The van der Waals surface area contributed by atoms with Crippen molar-refractivity contribution >= 4 is 27.1 Å². The number of alkyl halides is 3. The molecule has 0 unspecified atom stereocenters. The second kappa shape index (κ2) is 8.12. The molecule has 2 aliphatic heterocycles. The van der Waals surface area contributed by atoms with Gasteiger partial charge in [-0.05, 0) is 61.7 Å². The highest BCUT2D eigenvalue weighted by Crippen LogP contribution is 2.41. The van der Waals surface area contributed by atoms with Crippen LogP contribution in [0.4, 0.5) is 28.9 Å². The highest BCUT2D eigenvalue weighted by atomic mass is 32.2. The van der Waals surface area contributed by atoms with Crippen molar-refractivity contribution < 1.29 is 35.5 Å². The lowest BCUT2D eigenvalue weighted by Crippen LogP contribution is -2.39. The summed E-state index contributed by atoms with van der Waals surface area (Å²) in [4.78, 5) is 15.1. The zero-order chi connectivity index (χ0) is 23.1. The molecule has 0 atom stereocenters. The van der Waals surface area contributed by atoms with Crippen LogP contribution in [-0.4, -0.2) is 38.7 Å². The van der Waals surface area contributed by atoms with E-state index in [1.165, 1.54) is 21.9 Å². The summed E-state index contributed by atoms with van der Waals surface area (Å²) in [5.41, 5.74) is 0.176. The number of fused-ring (bicyclic) bond motifs is 1. The van der Waals surface area contributed by atoms with Crippen molar-refractivity contribution in [1.82, 2.24) is 4.90 Å². The molecule has 0 aliphatic carbocycles. The van der Waals surface area contributed by atoms with Gasteiger partial charge in [-0.1, -0.05) is 0 Å². The molecule has 2 aliphatic rings. The molecule has 0 aromatic heterocycles. The number of piperidine rings is 1. The minimum absolute atomic E-state index is 0.0512. The van der Waals surface area contributed by atoms with Gasteiger partial charge in [0, 0.05) is 25.0 Å². The molecule has 1 fully saturated rings. The van der Waals surface area contributed by atoms with Gasteiger partial charge in [-0.3, -0.25) is 4.79 Å². The van der Waals surface area contributed by atoms with Crippen molar-refractivity contribution in [3.63, 3.8) is 0 Å². The van der Waals surface area contributed by atoms with Crippen LogP contribution in [0.15, 0.2) is 58.5 Å². The summed E-state index contributed by atoms with van der Waals surface area (Å²) < 4.78 is 81.5. The van der Waals surface area contributed by atoms with E-state index in [2.05, 4.69) is 4.74 Å². The van der Waals surface area contributed by atoms with E-state index >= 15 is 0 Å². The van der Waals surface area contributed by atoms with Crippen LogP contribution in [0.2, 0.25) is 0 Å². The lowest BCUT2D eigenvalue weighted by Gasteiger charge is -2.32. The normalized spacial score (nSPS) is 18.1. The van der Waals surface area contributed by atoms with Gasteiger partial charge in [0.15, 0.2) is 4.91 Å². The monoisotopic (exact) mass is 470 g/mol. The van der Waals surface area contributed by atoms with Crippen LogP contribution in [0.5, 0.6) is 5.75 Å². The first-order valence-corrected chi connectivity index (χ1v) is 11.3. The molecule has 0 N–H and O–H groups in total. The SMILES string of the molecule is O=C(C1=CN(c2ccc(OC(F)(F)F)cc2)c2cc(F)ccc2S1(=O)=O)N1CCCCC1. The smallest absolute Gasteiger partial charge is 0.406 e. The number of anilines is 2. The van der Waals surface area contributed by atoms with Crippen LogP contribution in [0.25, 0.3) is 0 Å². The van der Waals surface area contributed by atoms with Crippen LogP contribution < -0.4 is 9.64 Å². The van der Waals surface area contributed by atoms with E-state index in [9.17, 15) is 30.8 Å². The van der Waals surface area contributed by atoms with Crippen LogP contribution >= 0.6 is 0 Å². The molecule has 0 spiro atoms. The molecule has 2 aromatic carbocycles. The number of halogens is 4. The Balaban J connectivity index is 1.79. The topological polar surface area (TPSA) is 66.9 Å². The molecule has 1 amide bonds. The molecular formula is C21H18F4N2O4S. The van der Waals surface area contributed by atoms with Gasteiger partial charge in [0.25, 0.3) is 5.91 Å². The van der Waals surface area contributed by atoms with Crippen molar-refractivity contribution in [2.45, 2.75) is 30.5 Å². The number of rotatable bonds is 3. The first-order chi connectivity index (χ1) is 15.1. The molecule has 1 saturated heterocycles. The summed E-state index contributed by atoms with van der Waals surface area (Å²) in [7, 11) is -4.23. The summed E-state index contributed by atoms with van der Waals surface area (Å²) in [6.07, 6.45) is -1.33. The van der Waals surface area contributed by atoms with E-state index < -0.39 is 38.6 Å². The van der Waals surface area contributed by atoms with Crippen molar-refractivity contribution in [1.29, 1.82) is 0 Å². The van der Waals surface area contributed by atoms with E-state index in [1.54, 1.807) is 0 Å². The Morgan fingerprint density at radius 1 is 0.969 bits per heavy atom. The van der Waals surface area contributed by atoms with Crippen molar-refractivity contribution in [3.8, 4) is 5.75 Å². The van der Waals surface area contributed by atoms with Crippen molar-refractivity contribution in [2.75, 3.05) is 18.0 Å². The second-order valence-electron chi connectivity index (χ2n) is 7.37. The van der Waals surface area contributed by atoms with E-state index in [4.69, 9.17) is 0 Å². The van der Waals surface area contributed by atoms with E-state index in [-0.39, 0.29) is 16.3 Å². The molecule has 170 valence electrons. The highest BCUT2D eigenvalue weighted by molar-refractivity contribution is 7.96. The minimum atomic E-state index is -4.87. The molecule has 0 bridgehead atoms. The number of carbonyl (C=O) groups is 1. The van der Waals surface area contributed by atoms with Crippen molar-refractivity contribution in [3.05, 3.63) is 59.4 Å². The Hall–Kier alpha value is -3.08. The minimum Gasteiger partial charge on any atom is -0.406 e. The number of amides is 1. The number of hydrogen-bond acceptors (Lipinski definition) is 5. The van der Waals surface area contributed by atoms with Crippen molar-refractivity contribution in [2.24, 2.45) is 0 Å². The number of sulfone groups is 1. The van der Waals surface area contributed by atoms with Gasteiger partial charge in [0.2, 0.25) is 9.84 Å². The van der Waals surface area contributed by atoms with Gasteiger partial charge in [-0.15, -0.1) is 13.2 Å². The molecule has 0 radical (unpaired) electrons. The average Bonchev–Trinajstić information content (AvgIpc) is 2.73. The zero-order valence-electron chi connectivity index (χ0n) is 16.6. The quantitative estimate of drug-likeness (QED) is 0.488. The summed E-state index contributed by atoms with van der Waals surface area (Å²) in [5, 5.41) is 0. The maximum Gasteiger partial charge on any atom is 0.573 e. The average molecular weight is 470 g/mol. The summed E-state index contributed by atoms with van der Waals surface area (Å²) >= 11 is 0. The fourth-order valence-corrected chi connectivity index (χ4v) is 5.25. The number of ether oxygens (including phenoxy) is 1. The predicted octanol–water partition coefficient (Wildman–Crippen LogP) is 4.50. The first-order valence-electron chi connectivity index (χ1n) is 9.77. The van der Waals surface area contributed by atoms with E-state index in [0.29, 0.717) is 13.1 Å². The van der Waals surface area contributed by atoms with Crippen LogP contribution in [0.3, 0.4) is 0 Å². The Kier molecular flexibility index (Phi) is 5.61. The number of benzene rings is 2. The number of carbonyl (C=O) groups excluding carboxylic acids is 1. The highest BCUT2D eigenvalue weighted by Gasteiger charge is 2.38. The predicted molar refractivity (Wildman–Crippen MR) is 107 cm³/mol. The molecule has 0 saturated carbocycles. The largest absolute Gasteiger partial charge is 0.573 e. The molecule has 2 heterocycles. The van der Waals surface area contributed by atoms with E-state index in [1.807, 2.05) is 0 Å². The summed E-state index contributed by atoms with van der Waals surface area (Å²) in [6.45, 7) is 0.844. The maximum absolute atomic E-state index is 14.0. The summed E-state index contributed by atoms with van der Waals surface area (Å²) in [6, 6.07) is 7.65. The third-order valence-electron chi connectivity index (χ3n) is 5.21. The van der Waals surface area contributed by atoms with Gasteiger partial charge >= 0.3 is 6.36 Å². The van der Waals surface area contributed by atoms with Gasteiger partial charge in [0.1, 0.15) is 11.6 Å². The van der Waals surface area contributed by atoms with Crippen LogP contribution in [0.1, 0.15) is 19.3 Å². The van der Waals surface area contributed by atoms with Crippen LogP contribution in [0, 0.1) is 5.82 Å². The van der Waals surface area contributed by atoms with Gasteiger partial charge in [-0.25, -0.2) is 12.8 Å². The molecule has 2 aromatic rings. The molecular weight excluding hydrogens is 452 g/mol. The molecule has 11 heteroatoms. The fraction of sp³-hybridized carbons (Fsp3) is 0.286. The zero-order valence-corrected chi connectivity index (χ0v) is 17.4. The summed E-state index contributed by atoms with van der Waals surface area (Å²) in [5.74, 6) is -1.85. The Bertz CT molecular complexity index is 1170. The van der Waals surface area contributed by atoms with Crippen LogP contribution in [-0.2, 0) is 14.6 Å². The third-order valence-corrected chi connectivity index (χ3v) is 6.99.